The van der Waals surface area contributed by atoms with Crippen molar-refractivity contribution in [3.8, 4) is 0 Å². The summed E-state index contributed by atoms with van der Waals surface area (Å²) in [6.07, 6.45) is 16.2. The summed E-state index contributed by atoms with van der Waals surface area (Å²) in [5.41, 5.74) is 1.06. The van der Waals surface area contributed by atoms with E-state index in [1.807, 2.05) is 0 Å². The molecule has 2 heterocycles. The predicted molar refractivity (Wildman–Crippen MR) is 85.1 cm³/mol. The second kappa shape index (κ2) is 7.38. The third-order valence-electron chi connectivity index (χ3n) is 5.28. The van der Waals surface area contributed by atoms with Gasteiger partial charge in [0.15, 0.2) is 0 Å². The van der Waals surface area contributed by atoms with Crippen molar-refractivity contribution in [2.75, 3.05) is 13.1 Å². The van der Waals surface area contributed by atoms with Gasteiger partial charge in [-0.15, -0.1) is 0 Å². The molecule has 0 aromatic heterocycles. The molecule has 2 saturated heterocycles. The van der Waals surface area contributed by atoms with Crippen molar-refractivity contribution < 1.29 is 0 Å². The smallest absolute Gasteiger partial charge is 0.0285 e. The lowest BCUT2D eigenvalue weighted by Gasteiger charge is -2.44. The first-order valence-corrected chi connectivity index (χ1v) is 10.2. The molecule has 1 saturated carbocycles. The molecule has 2 atom stereocenters. The molecule has 2 nitrogen and oxygen atoms in total. The van der Waals surface area contributed by atoms with Crippen LogP contribution in [0.2, 0.25) is 0 Å². The highest BCUT2D eigenvalue weighted by atomic mass is 31.1. The van der Waals surface area contributed by atoms with Crippen LogP contribution in [0.15, 0.2) is 0 Å². The largest absolute Gasteiger partial charge is 0.310 e. The molecule has 3 rings (SSSR count). The van der Waals surface area contributed by atoms with Gasteiger partial charge in [-0.25, -0.2) is 0 Å². The molecular formula is C16H31N2P. The second-order valence-electron chi connectivity index (χ2n) is 6.67. The summed E-state index contributed by atoms with van der Waals surface area (Å²) < 4.78 is 0. The Morgan fingerprint density at radius 1 is 0.579 bits per heavy atom. The molecule has 1 aliphatic carbocycles. The summed E-state index contributed by atoms with van der Waals surface area (Å²) in [5, 5.41) is 7.81. The highest BCUT2D eigenvalue weighted by Crippen LogP contribution is 2.57. The Labute approximate surface area is 120 Å². The van der Waals surface area contributed by atoms with Gasteiger partial charge in [0.2, 0.25) is 0 Å². The molecule has 0 bridgehead atoms. The molecule has 3 heteroatoms. The second-order valence-corrected chi connectivity index (χ2v) is 9.54. The van der Waals surface area contributed by atoms with Gasteiger partial charge in [-0.2, -0.15) is 0 Å². The Balaban J connectivity index is 1.68. The third kappa shape index (κ3) is 3.71. The summed E-state index contributed by atoms with van der Waals surface area (Å²) in [7, 11) is 0.163. The highest BCUT2D eigenvalue weighted by Gasteiger charge is 2.36. The van der Waals surface area contributed by atoms with Crippen molar-refractivity contribution in [2.24, 2.45) is 0 Å². The van der Waals surface area contributed by atoms with E-state index in [-0.39, 0.29) is 7.92 Å². The first-order chi connectivity index (χ1) is 9.45. The maximum Gasteiger partial charge on any atom is 0.0285 e. The molecule has 0 spiro atoms. The van der Waals surface area contributed by atoms with Crippen molar-refractivity contribution in [2.45, 2.75) is 87.9 Å². The van der Waals surface area contributed by atoms with Crippen molar-refractivity contribution in [3.05, 3.63) is 0 Å². The summed E-state index contributed by atoms with van der Waals surface area (Å²) in [4.78, 5) is 0. The maximum atomic E-state index is 3.90. The summed E-state index contributed by atoms with van der Waals surface area (Å²) >= 11 is 0. The quantitative estimate of drug-likeness (QED) is 0.765. The average Bonchev–Trinajstić information content (AvgIpc) is 2.51. The molecule has 0 aromatic carbocycles. The third-order valence-corrected chi connectivity index (χ3v) is 8.97. The van der Waals surface area contributed by atoms with Crippen LogP contribution in [-0.4, -0.2) is 30.3 Å². The Hall–Kier alpha value is 0.350. The van der Waals surface area contributed by atoms with Crippen LogP contribution < -0.4 is 10.6 Å². The Kier molecular flexibility index (Phi) is 5.56. The van der Waals surface area contributed by atoms with Crippen LogP contribution in [0.5, 0.6) is 0 Å². The molecule has 3 aliphatic rings. The van der Waals surface area contributed by atoms with E-state index in [2.05, 4.69) is 10.6 Å². The fraction of sp³-hybridized carbons (Fsp3) is 1.00. The van der Waals surface area contributed by atoms with Gasteiger partial charge in [0.05, 0.1) is 0 Å². The minimum Gasteiger partial charge on any atom is -0.310 e. The minimum atomic E-state index is 0.163. The van der Waals surface area contributed by atoms with E-state index in [4.69, 9.17) is 0 Å². The molecule has 2 aliphatic heterocycles. The topological polar surface area (TPSA) is 24.1 Å². The molecule has 0 aromatic rings. The zero-order valence-electron chi connectivity index (χ0n) is 12.4. The van der Waals surface area contributed by atoms with E-state index in [1.165, 1.54) is 83.7 Å². The van der Waals surface area contributed by atoms with Crippen LogP contribution in [0.4, 0.5) is 0 Å². The molecule has 0 amide bonds. The number of nitrogens with one attached hydrogen (secondary N) is 2. The van der Waals surface area contributed by atoms with Crippen LogP contribution >= 0.6 is 7.92 Å². The summed E-state index contributed by atoms with van der Waals surface area (Å²) in [5.74, 6) is 1.75. The predicted octanol–water partition coefficient (Wildman–Crippen LogP) is 4.00. The molecule has 2 N–H and O–H groups in total. The Bertz CT molecular complexity index is 211. The number of hydrogen-bond donors (Lipinski definition) is 2. The van der Waals surface area contributed by atoms with Crippen LogP contribution in [-0.2, 0) is 0 Å². The number of hydrogen-bond acceptors (Lipinski definition) is 2. The molecule has 110 valence electrons. The van der Waals surface area contributed by atoms with E-state index in [0.717, 1.165) is 17.2 Å². The maximum absolute atomic E-state index is 3.90. The molecule has 0 radical (unpaired) electrons. The lowest BCUT2D eigenvalue weighted by molar-refractivity contribution is 0.438. The van der Waals surface area contributed by atoms with Crippen LogP contribution in [0.3, 0.4) is 0 Å². The highest BCUT2D eigenvalue weighted by molar-refractivity contribution is 7.59. The fourth-order valence-electron chi connectivity index (χ4n) is 4.28. The Morgan fingerprint density at radius 3 is 1.58 bits per heavy atom. The van der Waals surface area contributed by atoms with Gasteiger partial charge in [0.25, 0.3) is 0 Å². The normalized spacial score (nSPS) is 36.0. The Morgan fingerprint density at radius 2 is 1.11 bits per heavy atom. The average molecular weight is 282 g/mol. The lowest BCUT2D eigenvalue weighted by Crippen LogP contribution is -2.43. The van der Waals surface area contributed by atoms with Crippen LogP contribution in [0.25, 0.3) is 0 Å². The molecular weight excluding hydrogens is 251 g/mol. The van der Waals surface area contributed by atoms with E-state index in [0.29, 0.717) is 0 Å². The monoisotopic (exact) mass is 282 g/mol. The van der Waals surface area contributed by atoms with Gasteiger partial charge in [0, 0.05) is 11.6 Å². The van der Waals surface area contributed by atoms with E-state index in [1.54, 1.807) is 0 Å². The summed E-state index contributed by atoms with van der Waals surface area (Å²) in [6.45, 7) is 2.56. The molecule has 19 heavy (non-hydrogen) atoms. The first-order valence-electron chi connectivity index (χ1n) is 8.69. The van der Waals surface area contributed by atoms with Gasteiger partial charge in [0.1, 0.15) is 0 Å². The minimum absolute atomic E-state index is 0.163. The van der Waals surface area contributed by atoms with E-state index in [9.17, 15) is 0 Å². The molecule has 3 fully saturated rings. The first kappa shape index (κ1) is 14.3. The van der Waals surface area contributed by atoms with Gasteiger partial charge in [-0.3, -0.25) is 0 Å². The SMILES string of the molecule is C1CCC(P(C2CCCCN2)C2CCCCN2)CC1. The van der Waals surface area contributed by atoms with E-state index < -0.39 is 0 Å². The van der Waals surface area contributed by atoms with Crippen LogP contribution in [0, 0.1) is 0 Å². The van der Waals surface area contributed by atoms with Gasteiger partial charge in [-0.1, -0.05) is 40.0 Å². The zero-order valence-corrected chi connectivity index (χ0v) is 13.3. The standard InChI is InChI=1S/C16H31N2P/c1-2-8-14(9-3-1)19(15-10-4-6-12-17-15)16-11-5-7-13-18-16/h14-18H,1-13H2. The van der Waals surface area contributed by atoms with Crippen LogP contribution in [0.1, 0.15) is 70.6 Å². The van der Waals surface area contributed by atoms with Gasteiger partial charge >= 0.3 is 0 Å². The van der Waals surface area contributed by atoms with E-state index >= 15 is 0 Å². The van der Waals surface area contributed by atoms with Crippen molar-refractivity contribution in [1.82, 2.24) is 10.6 Å². The summed E-state index contributed by atoms with van der Waals surface area (Å²) in [6, 6.07) is 0. The number of rotatable bonds is 3. The van der Waals surface area contributed by atoms with Gasteiger partial charge in [-0.05, 0) is 57.3 Å². The van der Waals surface area contributed by atoms with Gasteiger partial charge < -0.3 is 10.6 Å². The zero-order chi connectivity index (χ0) is 12.9. The van der Waals surface area contributed by atoms with Crippen molar-refractivity contribution in [1.29, 1.82) is 0 Å². The lowest BCUT2D eigenvalue weighted by atomic mass is 10.0. The van der Waals surface area contributed by atoms with Crippen molar-refractivity contribution in [3.63, 3.8) is 0 Å². The molecule has 2 unspecified atom stereocenters. The number of piperidine rings is 2. The van der Waals surface area contributed by atoms with Crippen molar-refractivity contribution >= 4 is 7.92 Å². The fourth-order valence-corrected chi connectivity index (χ4v) is 8.34.